The number of nitrogens with one attached hydrogen (secondary N) is 1. The van der Waals surface area contributed by atoms with E-state index >= 15 is 0 Å². The predicted molar refractivity (Wildman–Crippen MR) is 98.6 cm³/mol. The molecule has 1 heterocycles. The van der Waals surface area contributed by atoms with Gasteiger partial charge in [-0.05, 0) is 48.8 Å². The predicted octanol–water partition coefficient (Wildman–Crippen LogP) is 2.37. The van der Waals surface area contributed by atoms with Gasteiger partial charge in [0.2, 0.25) is 5.91 Å². The van der Waals surface area contributed by atoms with Crippen LogP contribution in [0.25, 0.3) is 0 Å². The molecule has 5 nitrogen and oxygen atoms in total. The van der Waals surface area contributed by atoms with Gasteiger partial charge in [0, 0.05) is 32.7 Å². The second kappa shape index (κ2) is 8.37. The number of hydrogen-bond acceptors (Lipinski definition) is 2. The number of urea groups is 1. The number of carbonyl (C=O) groups excluding carboxylic acids is 2. The zero-order valence-corrected chi connectivity index (χ0v) is 15.2. The molecule has 0 spiro atoms. The standard InChI is InChI=1S/C20H29N3O2/c1-2-9-21-20(25)23-11-4-10-22(12-13-23)19(24)15-16-7-8-17-5-3-6-18(17)14-16/h7-8,14H,2-6,9-13,15H2,1H3,(H,21,25). The second-order valence-electron chi connectivity index (χ2n) is 7.09. The van der Waals surface area contributed by atoms with E-state index in [9.17, 15) is 9.59 Å². The van der Waals surface area contributed by atoms with Gasteiger partial charge in [0.1, 0.15) is 0 Å². The van der Waals surface area contributed by atoms with Gasteiger partial charge in [-0.25, -0.2) is 4.79 Å². The Bertz CT molecular complexity index is 629. The molecule has 0 atom stereocenters. The van der Waals surface area contributed by atoms with Gasteiger partial charge in [-0.2, -0.15) is 0 Å². The highest BCUT2D eigenvalue weighted by Crippen LogP contribution is 2.23. The van der Waals surface area contributed by atoms with Crippen LogP contribution in [0.5, 0.6) is 0 Å². The van der Waals surface area contributed by atoms with Crippen LogP contribution < -0.4 is 5.32 Å². The van der Waals surface area contributed by atoms with E-state index in [1.807, 2.05) is 16.7 Å². The molecule has 3 rings (SSSR count). The van der Waals surface area contributed by atoms with Crippen molar-refractivity contribution >= 4 is 11.9 Å². The van der Waals surface area contributed by atoms with Crippen LogP contribution >= 0.6 is 0 Å². The van der Waals surface area contributed by atoms with E-state index in [2.05, 4.69) is 23.5 Å². The van der Waals surface area contributed by atoms with E-state index in [0.29, 0.717) is 26.1 Å². The highest BCUT2D eigenvalue weighted by Gasteiger charge is 2.22. The lowest BCUT2D eigenvalue weighted by Crippen LogP contribution is -2.43. The van der Waals surface area contributed by atoms with Crippen molar-refractivity contribution < 1.29 is 9.59 Å². The first kappa shape index (κ1) is 17.8. The molecule has 1 fully saturated rings. The van der Waals surface area contributed by atoms with Gasteiger partial charge in [0.25, 0.3) is 0 Å². The number of carbonyl (C=O) groups is 2. The number of amides is 3. The number of nitrogens with zero attached hydrogens (tertiary/aromatic N) is 2. The molecule has 1 N–H and O–H groups in total. The van der Waals surface area contributed by atoms with E-state index in [4.69, 9.17) is 0 Å². The fourth-order valence-corrected chi connectivity index (χ4v) is 3.74. The fraction of sp³-hybridized carbons (Fsp3) is 0.600. The third-order valence-electron chi connectivity index (χ3n) is 5.18. The minimum Gasteiger partial charge on any atom is -0.341 e. The van der Waals surface area contributed by atoms with Crippen LogP contribution in [-0.4, -0.2) is 54.5 Å². The Labute approximate surface area is 150 Å². The van der Waals surface area contributed by atoms with Crippen molar-refractivity contribution in [2.24, 2.45) is 0 Å². The number of hydrogen-bond donors (Lipinski definition) is 1. The molecule has 3 amide bonds. The molecule has 0 unspecified atom stereocenters. The Morgan fingerprint density at radius 2 is 1.76 bits per heavy atom. The average molecular weight is 343 g/mol. The maximum Gasteiger partial charge on any atom is 0.317 e. The Hall–Kier alpha value is -2.04. The molecule has 0 radical (unpaired) electrons. The Morgan fingerprint density at radius 1 is 1.00 bits per heavy atom. The quantitative estimate of drug-likeness (QED) is 0.912. The highest BCUT2D eigenvalue weighted by atomic mass is 16.2. The summed E-state index contributed by atoms with van der Waals surface area (Å²) in [7, 11) is 0. The monoisotopic (exact) mass is 343 g/mol. The van der Waals surface area contributed by atoms with Crippen molar-refractivity contribution in [3.8, 4) is 0 Å². The summed E-state index contributed by atoms with van der Waals surface area (Å²) in [5, 5.41) is 2.92. The van der Waals surface area contributed by atoms with E-state index in [0.717, 1.165) is 37.9 Å². The van der Waals surface area contributed by atoms with Crippen LogP contribution in [0, 0.1) is 0 Å². The molecular weight excluding hydrogens is 314 g/mol. The summed E-state index contributed by atoms with van der Waals surface area (Å²) >= 11 is 0. The van der Waals surface area contributed by atoms with Gasteiger partial charge < -0.3 is 15.1 Å². The molecule has 136 valence electrons. The van der Waals surface area contributed by atoms with Crippen molar-refractivity contribution in [2.75, 3.05) is 32.7 Å². The summed E-state index contributed by atoms with van der Waals surface area (Å²) in [6, 6.07) is 6.50. The van der Waals surface area contributed by atoms with Crippen molar-refractivity contribution in [3.63, 3.8) is 0 Å². The van der Waals surface area contributed by atoms with Crippen LogP contribution in [0.3, 0.4) is 0 Å². The van der Waals surface area contributed by atoms with Gasteiger partial charge in [0.05, 0.1) is 6.42 Å². The molecule has 1 aliphatic heterocycles. The maximum absolute atomic E-state index is 12.7. The zero-order valence-electron chi connectivity index (χ0n) is 15.2. The van der Waals surface area contributed by atoms with Gasteiger partial charge in [-0.1, -0.05) is 25.1 Å². The van der Waals surface area contributed by atoms with Crippen molar-refractivity contribution in [3.05, 3.63) is 34.9 Å². The van der Waals surface area contributed by atoms with Crippen LogP contribution in [0.2, 0.25) is 0 Å². The zero-order chi connectivity index (χ0) is 17.6. The summed E-state index contributed by atoms with van der Waals surface area (Å²) in [4.78, 5) is 28.5. The maximum atomic E-state index is 12.7. The lowest BCUT2D eigenvalue weighted by molar-refractivity contribution is -0.130. The lowest BCUT2D eigenvalue weighted by Gasteiger charge is -2.22. The summed E-state index contributed by atoms with van der Waals surface area (Å²) in [6.07, 6.45) is 5.79. The number of rotatable bonds is 4. The van der Waals surface area contributed by atoms with Crippen molar-refractivity contribution in [1.29, 1.82) is 0 Å². The van der Waals surface area contributed by atoms with E-state index in [1.54, 1.807) is 0 Å². The molecule has 1 aromatic carbocycles. The van der Waals surface area contributed by atoms with E-state index in [-0.39, 0.29) is 11.9 Å². The average Bonchev–Trinajstić information content (AvgIpc) is 2.93. The van der Waals surface area contributed by atoms with Crippen LogP contribution in [0.4, 0.5) is 4.79 Å². The minimum absolute atomic E-state index is 0.00484. The highest BCUT2D eigenvalue weighted by molar-refractivity contribution is 5.79. The van der Waals surface area contributed by atoms with E-state index in [1.165, 1.54) is 24.0 Å². The SMILES string of the molecule is CCCNC(=O)N1CCCN(C(=O)Cc2ccc3c(c2)CCC3)CC1. The first-order valence-corrected chi connectivity index (χ1v) is 9.58. The third kappa shape index (κ3) is 4.53. The summed E-state index contributed by atoms with van der Waals surface area (Å²) in [5.41, 5.74) is 3.98. The van der Waals surface area contributed by atoms with Crippen LogP contribution in [0.1, 0.15) is 42.9 Å². The smallest absolute Gasteiger partial charge is 0.317 e. The Kier molecular flexibility index (Phi) is 5.95. The minimum atomic E-state index is -0.00484. The van der Waals surface area contributed by atoms with Gasteiger partial charge in [-0.15, -0.1) is 0 Å². The fourth-order valence-electron chi connectivity index (χ4n) is 3.74. The third-order valence-corrected chi connectivity index (χ3v) is 5.18. The number of aryl methyl sites for hydroxylation is 2. The molecule has 1 aliphatic carbocycles. The molecule has 0 bridgehead atoms. The second-order valence-corrected chi connectivity index (χ2v) is 7.09. The summed E-state index contributed by atoms with van der Waals surface area (Å²) < 4.78 is 0. The van der Waals surface area contributed by atoms with E-state index < -0.39 is 0 Å². The largest absolute Gasteiger partial charge is 0.341 e. The van der Waals surface area contributed by atoms with Crippen molar-refractivity contribution in [2.45, 2.75) is 45.4 Å². The normalized spacial score (nSPS) is 17.2. The molecule has 25 heavy (non-hydrogen) atoms. The molecule has 0 aromatic heterocycles. The van der Waals surface area contributed by atoms with Crippen LogP contribution in [0.15, 0.2) is 18.2 Å². The molecule has 1 aromatic rings. The molecule has 5 heteroatoms. The molecule has 2 aliphatic rings. The number of benzene rings is 1. The first-order valence-electron chi connectivity index (χ1n) is 9.58. The van der Waals surface area contributed by atoms with Crippen LogP contribution in [-0.2, 0) is 24.1 Å². The Balaban J connectivity index is 1.53. The van der Waals surface area contributed by atoms with Crippen molar-refractivity contribution in [1.82, 2.24) is 15.1 Å². The van der Waals surface area contributed by atoms with Gasteiger partial charge >= 0.3 is 6.03 Å². The lowest BCUT2D eigenvalue weighted by atomic mass is 10.0. The first-order chi connectivity index (χ1) is 12.2. The Morgan fingerprint density at radius 3 is 2.60 bits per heavy atom. The molecule has 0 saturated carbocycles. The van der Waals surface area contributed by atoms with Gasteiger partial charge in [0.15, 0.2) is 0 Å². The topological polar surface area (TPSA) is 52.7 Å². The molecule has 1 saturated heterocycles. The molecular formula is C20H29N3O2. The van der Waals surface area contributed by atoms with Gasteiger partial charge in [-0.3, -0.25) is 4.79 Å². The summed E-state index contributed by atoms with van der Waals surface area (Å²) in [5.74, 6) is 0.175. The number of fused-ring (bicyclic) bond motifs is 1. The summed E-state index contributed by atoms with van der Waals surface area (Å²) in [6.45, 7) is 5.45.